The molecule has 31 heavy (non-hydrogen) atoms. The molecule has 12 heteroatoms. The van der Waals surface area contributed by atoms with Crippen LogP contribution in [0.3, 0.4) is 0 Å². The number of ether oxygens (including phenoxy) is 1. The lowest BCUT2D eigenvalue weighted by Crippen LogP contribution is -2.22. The van der Waals surface area contributed by atoms with Crippen molar-refractivity contribution in [2.24, 2.45) is 0 Å². The Kier molecular flexibility index (Phi) is 5.48. The third-order valence-corrected chi connectivity index (χ3v) is 5.17. The highest BCUT2D eigenvalue weighted by Crippen LogP contribution is 2.42. The summed E-state index contributed by atoms with van der Waals surface area (Å²) >= 11 is 5.97. The second kappa shape index (κ2) is 7.97. The molecule has 1 saturated heterocycles. The van der Waals surface area contributed by atoms with E-state index in [9.17, 15) is 27.5 Å². The number of nitrogens with zero attached hydrogens (tertiary/aromatic N) is 3. The number of hydrogen-bond acceptors (Lipinski definition) is 5. The first-order valence-corrected chi connectivity index (χ1v) is 9.48. The summed E-state index contributed by atoms with van der Waals surface area (Å²) in [6, 6.07) is 3.60. The van der Waals surface area contributed by atoms with E-state index in [0.717, 1.165) is 18.7 Å². The standard InChI is InChI=1S/C19H14ClF4N3O4/c20-11-4-1-5-12(21)13(11)15-14(18(28)29)16(31-26-15)10-7-25-27(17(10)19(22,23)24)8-9-3-2-6-30-9/h1,4-5,7,9H,2-3,6,8H2,(H,28,29). The Morgan fingerprint density at radius 2 is 2.13 bits per heavy atom. The van der Waals surface area contributed by atoms with Gasteiger partial charge in [0.15, 0.2) is 11.5 Å². The first kappa shape index (κ1) is 21.3. The van der Waals surface area contributed by atoms with Gasteiger partial charge >= 0.3 is 12.1 Å². The highest BCUT2D eigenvalue weighted by atomic mass is 35.5. The molecule has 1 atom stereocenters. The van der Waals surface area contributed by atoms with Gasteiger partial charge in [0.2, 0.25) is 0 Å². The Hall–Kier alpha value is -2.92. The summed E-state index contributed by atoms with van der Waals surface area (Å²) in [5, 5.41) is 16.8. The van der Waals surface area contributed by atoms with E-state index >= 15 is 0 Å². The smallest absolute Gasteiger partial charge is 0.433 e. The largest absolute Gasteiger partial charge is 0.477 e. The Morgan fingerprint density at radius 1 is 1.35 bits per heavy atom. The Bertz CT molecular complexity index is 1120. The molecular weight excluding hydrogens is 446 g/mol. The Labute approximate surface area is 177 Å². The fourth-order valence-corrected chi connectivity index (χ4v) is 3.79. The first-order chi connectivity index (χ1) is 14.7. The quantitative estimate of drug-likeness (QED) is 0.546. The van der Waals surface area contributed by atoms with Crippen molar-refractivity contribution >= 4 is 17.6 Å². The molecule has 1 fully saturated rings. The maximum Gasteiger partial charge on any atom is 0.433 e. The van der Waals surface area contributed by atoms with Crippen LogP contribution >= 0.6 is 11.6 Å². The van der Waals surface area contributed by atoms with E-state index < -0.39 is 57.9 Å². The lowest BCUT2D eigenvalue weighted by molar-refractivity contribution is -0.144. The summed E-state index contributed by atoms with van der Waals surface area (Å²) < 4.78 is 67.1. The van der Waals surface area contributed by atoms with Gasteiger partial charge in [-0.25, -0.2) is 9.18 Å². The van der Waals surface area contributed by atoms with Crippen molar-refractivity contribution in [1.82, 2.24) is 14.9 Å². The van der Waals surface area contributed by atoms with Gasteiger partial charge in [-0.1, -0.05) is 22.8 Å². The van der Waals surface area contributed by atoms with Gasteiger partial charge in [-0.3, -0.25) is 4.68 Å². The van der Waals surface area contributed by atoms with Gasteiger partial charge in [0, 0.05) is 6.61 Å². The van der Waals surface area contributed by atoms with Crippen LogP contribution in [0, 0.1) is 5.82 Å². The normalized spacial score (nSPS) is 16.7. The zero-order valence-corrected chi connectivity index (χ0v) is 16.4. The molecule has 0 amide bonds. The number of aromatic carboxylic acids is 1. The lowest BCUT2D eigenvalue weighted by atomic mass is 10.0. The first-order valence-electron chi connectivity index (χ1n) is 9.10. The monoisotopic (exact) mass is 459 g/mol. The maximum atomic E-state index is 14.3. The molecule has 7 nitrogen and oxygen atoms in total. The molecule has 0 aliphatic carbocycles. The highest BCUT2D eigenvalue weighted by molar-refractivity contribution is 6.33. The van der Waals surface area contributed by atoms with E-state index in [1.807, 2.05) is 0 Å². The average molecular weight is 460 g/mol. The molecule has 0 spiro atoms. The molecule has 3 heterocycles. The number of benzene rings is 1. The van der Waals surface area contributed by atoms with Crippen molar-refractivity contribution in [3.05, 3.63) is 46.5 Å². The van der Waals surface area contributed by atoms with Crippen LogP contribution in [0.5, 0.6) is 0 Å². The molecule has 164 valence electrons. The number of halogens is 5. The van der Waals surface area contributed by atoms with E-state index in [1.54, 1.807) is 0 Å². The molecule has 1 aliphatic rings. The zero-order chi connectivity index (χ0) is 22.3. The number of hydrogen-bond donors (Lipinski definition) is 1. The number of carboxylic acid groups (broad SMARTS) is 1. The van der Waals surface area contributed by atoms with Gasteiger partial charge < -0.3 is 14.4 Å². The summed E-state index contributed by atoms with van der Waals surface area (Å²) in [7, 11) is 0. The molecule has 0 radical (unpaired) electrons. The van der Waals surface area contributed by atoms with E-state index in [2.05, 4.69) is 10.3 Å². The minimum Gasteiger partial charge on any atom is -0.477 e. The number of rotatable bonds is 5. The van der Waals surface area contributed by atoms with Crippen LogP contribution in [-0.4, -0.2) is 38.7 Å². The summed E-state index contributed by atoms with van der Waals surface area (Å²) in [4.78, 5) is 11.9. The van der Waals surface area contributed by atoms with Crippen LogP contribution in [0.2, 0.25) is 5.02 Å². The third kappa shape index (κ3) is 3.90. The highest BCUT2D eigenvalue weighted by Gasteiger charge is 2.42. The number of carboxylic acids is 1. The van der Waals surface area contributed by atoms with Gasteiger partial charge in [-0.2, -0.15) is 18.3 Å². The van der Waals surface area contributed by atoms with Gasteiger partial charge in [0.25, 0.3) is 0 Å². The molecule has 2 aromatic heterocycles. The molecule has 1 aliphatic heterocycles. The number of carbonyl (C=O) groups is 1. The molecule has 0 bridgehead atoms. The van der Waals surface area contributed by atoms with Crippen molar-refractivity contribution in [3.63, 3.8) is 0 Å². The van der Waals surface area contributed by atoms with E-state index in [4.69, 9.17) is 20.9 Å². The second-order valence-electron chi connectivity index (χ2n) is 6.86. The minimum absolute atomic E-state index is 0.169. The van der Waals surface area contributed by atoms with E-state index in [-0.39, 0.29) is 11.6 Å². The Balaban J connectivity index is 1.88. The van der Waals surface area contributed by atoms with Crippen LogP contribution in [0.4, 0.5) is 17.6 Å². The van der Waals surface area contributed by atoms with Crippen LogP contribution in [0.1, 0.15) is 28.9 Å². The van der Waals surface area contributed by atoms with Crippen LogP contribution in [0.15, 0.2) is 28.9 Å². The van der Waals surface area contributed by atoms with Gasteiger partial charge in [0.1, 0.15) is 17.1 Å². The zero-order valence-electron chi connectivity index (χ0n) is 15.6. The molecular formula is C19H14ClF4N3O4. The van der Waals surface area contributed by atoms with E-state index in [0.29, 0.717) is 17.7 Å². The summed E-state index contributed by atoms with van der Waals surface area (Å²) in [5.41, 5.74) is -3.52. The molecule has 4 rings (SSSR count). The van der Waals surface area contributed by atoms with Crippen molar-refractivity contribution < 1.29 is 36.7 Å². The molecule has 1 aromatic carbocycles. The lowest BCUT2D eigenvalue weighted by Gasteiger charge is -2.15. The minimum atomic E-state index is -4.89. The van der Waals surface area contributed by atoms with E-state index in [1.165, 1.54) is 12.1 Å². The summed E-state index contributed by atoms with van der Waals surface area (Å²) in [6.07, 6.45) is -3.20. The van der Waals surface area contributed by atoms with Crippen LogP contribution < -0.4 is 0 Å². The number of aromatic nitrogens is 3. The second-order valence-corrected chi connectivity index (χ2v) is 7.27. The van der Waals surface area contributed by atoms with Gasteiger partial charge in [-0.15, -0.1) is 0 Å². The van der Waals surface area contributed by atoms with Gasteiger partial charge in [-0.05, 0) is 25.0 Å². The fraction of sp³-hybridized carbons (Fsp3) is 0.316. The molecule has 3 aromatic rings. The summed E-state index contributed by atoms with van der Waals surface area (Å²) in [6.45, 7) is 0.273. The van der Waals surface area contributed by atoms with Crippen molar-refractivity contribution in [1.29, 1.82) is 0 Å². The molecule has 1 N–H and O–H groups in total. The molecule has 0 saturated carbocycles. The fourth-order valence-electron chi connectivity index (χ4n) is 3.54. The molecule has 1 unspecified atom stereocenters. The van der Waals surface area contributed by atoms with Crippen molar-refractivity contribution in [2.75, 3.05) is 6.61 Å². The Morgan fingerprint density at radius 3 is 2.74 bits per heavy atom. The van der Waals surface area contributed by atoms with Crippen molar-refractivity contribution in [3.8, 4) is 22.6 Å². The topological polar surface area (TPSA) is 90.4 Å². The number of alkyl halides is 3. The van der Waals surface area contributed by atoms with Crippen LogP contribution in [-0.2, 0) is 17.5 Å². The average Bonchev–Trinajstić information content (AvgIpc) is 3.40. The van der Waals surface area contributed by atoms with Gasteiger partial charge in [0.05, 0.1) is 35.0 Å². The summed E-state index contributed by atoms with van der Waals surface area (Å²) in [5.74, 6) is -3.27. The maximum absolute atomic E-state index is 14.3. The predicted molar refractivity (Wildman–Crippen MR) is 99.1 cm³/mol. The van der Waals surface area contributed by atoms with Crippen LogP contribution in [0.25, 0.3) is 22.6 Å². The van der Waals surface area contributed by atoms with Crippen molar-refractivity contribution in [2.45, 2.75) is 31.7 Å². The predicted octanol–water partition coefficient (Wildman–Crippen LogP) is 4.89. The SMILES string of the molecule is O=C(O)c1c(-c2c(F)cccc2Cl)noc1-c1cnn(CC2CCCO2)c1C(F)(F)F. The third-order valence-electron chi connectivity index (χ3n) is 4.86.